The zero-order valence-electron chi connectivity index (χ0n) is 20.4. The number of hydrogen-bond donors (Lipinski definition) is 0. The van der Waals surface area contributed by atoms with Crippen LogP contribution in [0.2, 0.25) is 0 Å². The van der Waals surface area contributed by atoms with Crippen LogP contribution in [0.25, 0.3) is 11.0 Å². The van der Waals surface area contributed by atoms with E-state index in [1.165, 1.54) is 24.0 Å². The number of fused-ring (bicyclic) bond motifs is 1. The van der Waals surface area contributed by atoms with Crippen molar-refractivity contribution < 1.29 is 17.9 Å². The van der Waals surface area contributed by atoms with Gasteiger partial charge in [0, 0.05) is 54.2 Å². The van der Waals surface area contributed by atoms with E-state index >= 15 is 0 Å². The first-order valence-electron chi connectivity index (χ1n) is 11.4. The second kappa shape index (κ2) is 11.6. The Morgan fingerprint density at radius 3 is 2.47 bits per heavy atom. The van der Waals surface area contributed by atoms with E-state index in [-0.39, 0.29) is 10.8 Å². The third kappa shape index (κ3) is 6.22. The van der Waals surface area contributed by atoms with Crippen molar-refractivity contribution in [3.05, 3.63) is 59.9 Å². The van der Waals surface area contributed by atoms with Crippen molar-refractivity contribution in [2.75, 3.05) is 40.9 Å². The Hall–Kier alpha value is -2.75. The van der Waals surface area contributed by atoms with Crippen molar-refractivity contribution in [1.29, 1.82) is 0 Å². The fourth-order valence-electron chi connectivity index (χ4n) is 3.88. The highest BCUT2D eigenvalue weighted by Gasteiger charge is 2.20. The third-order valence-corrected chi connectivity index (χ3v) is 7.75. The molecule has 34 heavy (non-hydrogen) atoms. The minimum Gasteiger partial charge on any atom is -0.383 e. The lowest BCUT2D eigenvalue weighted by atomic mass is 10.1. The van der Waals surface area contributed by atoms with E-state index < -0.39 is 10.0 Å². The van der Waals surface area contributed by atoms with Gasteiger partial charge in [-0.3, -0.25) is 4.79 Å². The molecule has 3 aromatic rings. The van der Waals surface area contributed by atoms with Gasteiger partial charge in [0.15, 0.2) is 0 Å². The van der Waals surface area contributed by atoms with Crippen LogP contribution in [0.4, 0.5) is 0 Å². The van der Waals surface area contributed by atoms with Crippen molar-refractivity contribution >= 4 is 27.0 Å². The van der Waals surface area contributed by atoms with Gasteiger partial charge in [-0.05, 0) is 36.6 Å². The van der Waals surface area contributed by atoms with Crippen LogP contribution in [-0.4, -0.2) is 74.0 Å². The molecule has 0 aliphatic heterocycles. The number of ether oxygens (including phenoxy) is 1. The Kier molecular flexibility index (Phi) is 8.82. The van der Waals surface area contributed by atoms with Gasteiger partial charge in [0.05, 0.1) is 22.5 Å². The summed E-state index contributed by atoms with van der Waals surface area (Å²) >= 11 is 0. The summed E-state index contributed by atoms with van der Waals surface area (Å²) in [6.45, 7) is 1.72. The number of amides is 1. The summed E-state index contributed by atoms with van der Waals surface area (Å²) in [5, 5.41) is 0. The maximum Gasteiger partial charge on any atom is 0.242 e. The fourth-order valence-corrected chi connectivity index (χ4v) is 4.80. The molecule has 0 atom stereocenters. The van der Waals surface area contributed by atoms with Crippen molar-refractivity contribution in [3.63, 3.8) is 0 Å². The molecule has 1 heterocycles. The van der Waals surface area contributed by atoms with Gasteiger partial charge in [0.1, 0.15) is 5.82 Å². The van der Waals surface area contributed by atoms with Gasteiger partial charge in [-0.25, -0.2) is 17.7 Å². The molecule has 0 saturated heterocycles. The normalized spacial score (nSPS) is 11.9. The van der Waals surface area contributed by atoms with E-state index in [0.29, 0.717) is 38.1 Å². The second-order valence-electron chi connectivity index (χ2n) is 8.49. The van der Waals surface area contributed by atoms with E-state index in [1.807, 2.05) is 34.7 Å². The predicted molar refractivity (Wildman–Crippen MR) is 133 cm³/mol. The van der Waals surface area contributed by atoms with Crippen molar-refractivity contribution in [2.45, 2.75) is 30.6 Å². The van der Waals surface area contributed by atoms with Crippen LogP contribution in [0.15, 0.2) is 53.4 Å². The quantitative estimate of drug-likeness (QED) is 0.393. The van der Waals surface area contributed by atoms with Crippen LogP contribution < -0.4 is 0 Å². The first-order valence-corrected chi connectivity index (χ1v) is 12.9. The summed E-state index contributed by atoms with van der Waals surface area (Å²) < 4.78 is 33.2. The number of aromatic nitrogens is 2. The Labute approximate surface area is 202 Å². The molecule has 2 aromatic carbocycles. The van der Waals surface area contributed by atoms with E-state index in [9.17, 15) is 13.2 Å². The lowest BCUT2D eigenvalue weighted by Gasteiger charge is -2.22. The Morgan fingerprint density at radius 1 is 1.06 bits per heavy atom. The van der Waals surface area contributed by atoms with Crippen LogP contribution in [0.5, 0.6) is 0 Å². The molecule has 8 nitrogen and oxygen atoms in total. The molecule has 0 N–H and O–H groups in total. The van der Waals surface area contributed by atoms with Gasteiger partial charge in [-0.15, -0.1) is 0 Å². The van der Waals surface area contributed by atoms with Gasteiger partial charge in [0.25, 0.3) is 0 Å². The molecule has 0 bridgehead atoms. The average Bonchev–Trinajstić information content (AvgIpc) is 3.15. The summed E-state index contributed by atoms with van der Waals surface area (Å²) in [5.41, 5.74) is 2.70. The molecule has 0 saturated carbocycles. The molecular formula is C25H34N4O4S. The number of carbonyl (C=O) groups is 1. The van der Waals surface area contributed by atoms with E-state index in [2.05, 4.69) is 17.1 Å². The van der Waals surface area contributed by atoms with Gasteiger partial charge < -0.3 is 14.2 Å². The van der Waals surface area contributed by atoms with Gasteiger partial charge >= 0.3 is 0 Å². The smallest absolute Gasteiger partial charge is 0.242 e. The number of rotatable bonds is 12. The molecule has 0 fully saturated rings. The van der Waals surface area contributed by atoms with Crippen LogP contribution in [0.3, 0.4) is 0 Å². The Balaban J connectivity index is 1.66. The number of sulfonamides is 1. The number of nitrogens with zero attached hydrogens (tertiary/aromatic N) is 4. The van der Waals surface area contributed by atoms with Crippen LogP contribution >= 0.6 is 0 Å². The number of hydrogen-bond acceptors (Lipinski definition) is 5. The summed E-state index contributed by atoms with van der Waals surface area (Å²) in [6.07, 6.45) is 2.60. The molecule has 1 aromatic heterocycles. The van der Waals surface area contributed by atoms with Gasteiger partial charge in [-0.2, -0.15) is 0 Å². The Morgan fingerprint density at radius 2 is 1.79 bits per heavy atom. The van der Waals surface area contributed by atoms with E-state index in [0.717, 1.165) is 24.2 Å². The fraction of sp³-hybridized carbons (Fsp3) is 0.440. The lowest BCUT2D eigenvalue weighted by molar-refractivity contribution is -0.131. The number of carbonyl (C=O) groups excluding carboxylic acids is 1. The standard InChI is InChI=1S/C25H34N4O4S/c1-27(2)34(31,32)21-12-13-23-22(19-21)26-24(28(23)3)14-15-25(30)29(17-18-33-4)16-8-11-20-9-6-5-7-10-20/h5-7,9-10,12-13,19H,8,11,14-18H2,1-4H3. The molecule has 0 radical (unpaired) electrons. The van der Waals surface area contributed by atoms with Crippen LogP contribution in [0.1, 0.15) is 24.2 Å². The van der Waals surface area contributed by atoms with Crippen molar-refractivity contribution in [2.24, 2.45) is 7.05 Å². The molecule has 184 valence electrons. The maximum absolute atomic E-state index is 13.0. The van der Waals surface area contributed by atoms with Gasteiger partial charge in [-0.1, -0.05) is 30.3 Å². The SMILES string of the molecule is COCCN(CCCc1ccccc1)C(=O)CCc1nc2cc(S(=O)(=O)N(C)C)ccc2n1C. The minimum atomic E-state index is -3.54. The monoisotopic (exact) mass is 486 g/mol. The lowest BCUT2D eigenvalue weighted by Crippen LogP contribution is -2.35. The van der Waals surface area contributed by atoms with E-state index in [4.69, 9.17) is 4.74 Å². The van der Waals surface area contributed by atoms with E-state index in [1.54, 1.807) is 25.3 Å². The van der Waals surface area contributed by atoms with Crippen LogP contribution in [0, 0.1) is 0 Å². The molecule has 3 rings (SSSR count). The predicted octanol–water partition coefficient (Wildman–Crippen LogP) is 2.86. The zero-order chi connectivity index (χ0) is 24.7. The maximum atomic E-state index is 13.0. The number of aryl methyl sites for hydroxylation is 3. The van der Waals surface area contributed by atoms with Crippen molar-refractivity contribution in [3.8, 4) is 0 Å². The molecule has 0 aliphatic carbocycles. The molecular weight excluding hydrogens is 452 g/mol. The average molecular weight is 487 g/mol. The highest BCUT2D eigenvalue weighted by molar-refractivity contribution is 7.89. The highest BCUT2D eigenvalue weighted by atomic mass is 32.2. The zero-order valence-corrected chi connectivity index (χ0v) is 21.2. The Bertz CT molecular complexity index is 1210. The largest absolute Gasteiger partial charge is 0.383 e. The van der Waals surface area contributed by atoms with Crippen molar-refractivity contribution in [1.82, 2.24) is 18.8 Å². The molecule has 1 amide bonds. The topological polar surface area (TPSA) is 84.7 Å². The summed E-state index contributed by atoms with van der Waals surface area (Å²) in [6, 6.07) is 15.2. The summed E-state index contributed by atoms with van der Waals surface area (Å²) in [5.74, 6) is 0.812. The highest BCUT2D eigenvalue weighted by Crippen LogP contribution is 2.22. The number of benzene rings is 2. The molecule has 0 aliphatic rings. The summed E-state index contributed by atoms with van der Waals surface area (Å²) in [4.78, 5) is 19.7. The first kappa shape index (κ1) is 25.9. The molecule has 9 heteroatoms. The minimum absolute atomic E-state index is 0.0630. The summed E-state index contributed by atoms with van der Waals surface area (Å²) in [7, 11) is 3.00. The number of methoxy groups -OCH3 is 1. The number of imidazole rings is 1. The third-order valence-electron chi connectivity index (χ3n) is 5.94. The van der Waals surface area contributed by atoms with Gasteiger partial charge in [0.2, 0.25) is 15.9 Å². The first-order chi connectivity index (χ1) is 16.2. The molecule has 0 unspecified atom stereocenters. The molecule has 0 spiro atoms. The second-order valence-corrected chi connectivity index (χ2v) is 10.6. The van der Waals surface area contributed by atoms with Crippen LogP contribution in [-0.2, 0) is 39.4 Å².